The number of aliphatic hydroxyl groups is 1. The second-order valence-corrected chi connectivity index (χ2v) is 8.26. The molecule has 1 aliphatic rings. The van der Waals surface area contributed by atoms with Crippen LogP contribution in [0, 0.1) is 0 Å². The number of Topliss-reactive ketones (excluding diaryl/α,β-unsaturated/α-hetero) is 1. The Morgan fingerprint density at radius 2 is 1.85 bits per heavy atom. The molecule has 34 heavy (non-hydrogen) atoms. The van der Waals surface area contributed by atoms with Crippen molar-refractivity contribution in [3.63, 3.8) is 0 Å². The smallest absolute Gasteiger partial charge is 0.295 e. The van der Waals surface area contributed by atoms with Crippen LogP contribution in [0.2, 0.25) is 5.02 Å². The van der Waals surface area contributed by atoms with Crippen molar-refractivity contribution in [3.8, 4) is 5.75 Å². The predicted molar refractivity (Wildman–Crippen MR) is 129 cm³/mol. The number of amides is 1. The quantitative estimate of drug-likeness (QED) is 0.210. The number of likely N-dealkylation sites (tertiary alicyclic amines) is 1. The van der Waals surface area contributed by atoms with E-state index in [4.69, 9.17) is 16.3 Å². The molecule has 1 saturated heterocycles. The van der Waals surface area contributed by atoms with Gasteiger partial charge in [0.05, 0.1) is 17.9 Å². The van der Waals surface area contributed by atoms with Crippen molar-refractivity contribution in [2.24, 2.45) is 0 Å². The summed E-state index contributed by atoms with van der Waals surface area (Å²) in [5.41, 5.74) is 1.16. The van der Waals surface area contributed by atoms with Crippen molar-refractivity contribution < 1.29 is 19.4 Å². The molecule has 7 nitrogen and oxygen atoms in total. The third kappa shape index (κ3) is 4.89. The summed E-state index contributed by atoms with van der Waals surface area (Å²) in [7, 11) is 0. The third-order valence-electron chi connectivity index (χ3n) is 5.60. The van der Waals surface area contributed by atoms with Crippen LogP contribution in [0.3, 0.4) is 0 Å². The van der Waals surface area contributed by atoms with Crippen LogP contribution in [0.25, 0.3) is 5.76 Å². The number of aliphatic hydroxyl groups excluding tert-OH is 1. The number of ether oxygens (including phenoxy) is 1. The molecule has 8 heteroatoms. The van der Waals surface area contributed by atoms with Crippen LogP contribution in [0.15, 0.2) is 85.5 Å². The summed E-state index contributed by atoms with van der Waals surface area (Å²) in [5.74, 6) is -0.985. The van der Waals surface area contributed by atoms with Crippen LogP contribution < -0.4 is 4.74 Å². The highest BCUT2D eigenvalue weighted by Gasteiger charge is 2.45. The van der Waals surface area contributed by atoms with E-state index < -0.39 is 17.7 Å². The number of aromatic nitrogens is 2. The molecule has 0 saturated carbocycles. The average Bonchev–Trinajstić information content (AvgIpc) is 3.45. The second kappa shape index (κ2) is 10.4. The highest BCUT2D eigenvalue weighted by molar-refractivity contribution is 6.46. The summed E-state index contributed by atoms with van der Waals surface area (Å²) >= 11 is 6.06. The van der Waals surface area contributed by atoms with Gasteiger partial charge in [-0.05, 0) is 48.4 Å². The number of nitrogens with zero attached hydrogens (tertiary/aromatic N) is 3. The molecule has 1 fully saturated rings. The van der Waals surface area contributed by atoms with Gasteiger partial charge >= 0.3 is 0 Å². The summed E-state index contributed by atoms with van der Waals surface area (Å²) in [6, 6.07) is 12.9. The molecule has 0 spiro atoms. The van der Waals surface area contributed by atoms with Gasteiger partial charge in [-0.1, -0.05) is 36.4 Å². The summed E-state index contributed by atoms with van der Waals surface area (Å²) in [6.45, 7) is 4.94. The van der Waals surface area contributed by atoms with Crippen LogP contribution >= 0.6 is 11.6 Å². The summed E-state index contributed by atoms with van der Waals surface area (Å²) in [6.07, 6.45) is 7.48. The van der Waals surface area contributed by atoms with Crippen molar-refractivity contribution in [3.05, 3.63) is 102 Å². The molecular formula is C26H24ClN3O4. The number of halogens is 1. The van der Waals surface area contributed by atoms with Crippen molar-refractivity contribution >= 4 is 29.1 Å². The Hall–Kier alpha value is -3.84. The number of benzene rings is 2. The Bertz CT molecular complexity index is 1200. The zero-order valence-electron chi connectivity index (χ0n) is 18.4. The fourth-order valence-electron chi connectivity index (χ4n) is 3.96. The van der Waals surface area contributed by atoms with Gasteiger partial charge < -0.3 is 19.3 Å². The van der Waals surface area contributed by atoms with Crippen LogP contribution in [-0.4, -0.2) is 44.4 Å². The molecule has 2 heterocycles. The number of hydrogen-bond acceptors (Lipinski definition) is 5. The van der Waals surface area contributed by atoms with Crippen LogP contribution in [0.1, 0.15) is 23.6 Å². The van der Waals surface area contributed by atoms with E-state index in [1.54, 1.807) is 67.1 Å². The topological polar surface area (TPSA) is 84.7 Å². The Morgan fingerprint density at radius 3 is 2.50 bits per heavy atom. The predicted octanol–water partition coefficient (Wildman–Crippen LogP) is 4.61. The van der Waals surface area contributed by atoms with Crippen molar-refractivity contribution in [1.29, 1.82) is 0 Å². The number of imidazole rings is 1. The van der Waals surface area contributed by atoms with E-state index in [1.807, 2.05) is 10.8 Å². The Labute approximate surface area is 202 Å². The molecule has 0 aliphatic carbocycles. The fraction of sp³-hybridized carbons (Fsp3) is 0.192. The maximum atomic E-state index is 13.1. The molecule has 0 unspecified atom stereocenters. The Balaban J connectivity index is 1.68. The number of carbonyl (C=O) groups excluding carboxylic acids is 2. The standard InChI is InChI=1S/C26H24ClN3O4/c1-2-16-34-21-10-6-19(7-11-21)24(31)22-23(18-4-8-20(27)9-5-18)30(26(33)25(22)32)14-3-13-29-15-12-28-17-29/h2,4-12,15,17,23,31H,1,3,13-14,16H2/t23-/m1/s1. The minimum atomic E-state index is -0.725. The third-order valence-corrected chi connectivity index (χ3v) is 5.85. The highest BCUT2D eigenvalue weighted by Crippen LogP contribution is 2.40. The van der Waals surface area contributed by atoms with E-state index in [1.165, 1.54) is 4.90 Å². The molecule has 1 N–H and O–H groups in total. The first kappa shape index (κ1) is 23.3. The van der Waals surface area contributed by atoms with Gasteiger partial charge in [0.15, 0.2) is 0 Å². The maximum Gasteiger partial charge on any atom is 0.295 e. The van der Waals surface area contributed by atoms with E-state index in [9.17, 15) is 14.7 Å². The van der Waals surface area contributed by atoms with Gasteiger partial charge in [-0.3, -0.25) is 9.59 Å². The molecule has 0 bridgehead atoms. The molecule has 1 aromatic heterocycles. The van der Waals surface area contributed by atoms with Crippen molar-refractivity contribution in [2.45, 2.75) is 19.0 Å². The number of carbonyl (C=O) groups is 2. The lowest BCUT2D eigenvalue weighted by Gasteiger charge is -2.25. The number of rotatable bonds is 9. The molecule has 0 radical (unpaired) electrons. The minimum Gasteiger partial charge on any atom is -0.507 e. The van der Waals surface area contributed by atoms with Gasteiger partial charge in [0, 0.05) is 36.1 Å². The van der Waals surface area contributed by atoms with Gasteiger partial charge in [-0.15, -0.1) is 0 Å². The summed E-state index contributed by atoms with van der Waals surface area (Å²) in [5, 5.41) is 11.7. The van der Waals surface area contributed by atoms with Crippen LogP contribution in [0.5, 0.6) is 5.75 Å². The molecule has 1 atom stereocenters. The summed E-state index contributed by atoms with van der Waals surface area (Å²) in [4.78, 5) is 31.7. The number of aryl methyl sites for hydroxylation is 1. The average molecular weight is 478 g/mol. The largest absolute Gasteiger partial charge is 0.507 e. The Kier molecular flexibility index (Phi) is 7.13. The van der Waals surface area contributed by atoms with Crippen molar-refractivity contribution in [2.75, 3.05) is 13.2 Å². The first-order valence-electron chi connectivity index (χ1n) is 10.8. The zero-order valence-corrected chi connectivity index (χ0v) is 19.2. The highest BCUT2D eigenvalue weighted by atomic mass is 35.5. The molecule has 1 aliphatic heterocycles. The maximum absolute atomic E-state index is 13.1. The lowest BCUT2D eigenvalue weighted by molar-refractivity contribution is -0.139. The van der Waals surface area contributed by atoms with E-state index >= 15 is 0 Å². The van der Waals surface area contributed by atoms with E-state index in [-0.39, 0.29) is 11.3 Å². The lowest BCUT2D eigenvalue weighted by atomic mass is 9.95. The molecular weight excluding hydrogens is 454 g/mol. The monoisotopic (exact) mass is 477 g/mol. The van der Waals surface area contributed by atoms with Gasteiger partial charge in [0.2, 0.25) is 0 Å². The Morgan fingerprint density at radius 1 is 1.12 bits per heavy atom. The first-order chi connectivity index (χ1) is 16.5. The van der Waals surface area contributed by atoms with E-state index in [0.717, 1.165) is 0 Å². The SMILES string of the molecule is C=CCOc1ccc(C(O)=C2C(=O)C(=O)N(CCCn3ccnc3)[C@@H]2c2ccc(Cl)cc2)cc1. The van der Waals surface area contributed by atoms with Gasteiger partial charge in [0.1, 0.15) is 18.1 Å². The molecule has 4 rings (SSSR count). The van der Waals surface area contributed by atoms with Gasteiger partial charge in [-0.2, -0.15) is 0 Å². The van der Waals surface area contributed by atoms with E-state index in [0.29, 0.717) is 48.0 Å². The van der Waals surface area contributed by atoms with Gasteiger partial charge in [0.25, 0.3) is 11.7 Å². The van der Waals surface area contributed by atoms with Crippen LogP contribution in [-0.2, 0) is 16.1 Å². The molecule has 174 valence electrons. The fourth-order valence-corrected chi connectivity index (χ4v) is 4.09. The lowest BCUT2D eigenvalue weighted by Crippen LogP contribution is -2.31. The molecule has 1 amide bonds. The number of hydrogen-bond donors (Lipinski definition) is 1. The normalized spacial score (nSPS) is 17.2. The molecule has 2 aromatic carbocycles. The minimum absolute atomic E-state index is 0.0507. The molecule has 3 aromatic rings. The first-order valence-corrected chi connectivity index (χ1v) is 11.2. The van der Waals surface area contributed by atoms with Crippen molar-refractivity contribution in [1.82, 2.24) is 14.5 Å². The van der Waals surface area contributed by atoms with E-state index in [2.05, 4.69) is 11.6 Å². The van der Waals surface area contributed by atoms with Gasteiger partial charge in [-0.25, -0.2) is 4.98 Å². The number of ketones is 1. The zero-order chi connectivity index (χ0) is 24.1. The second-order valence-electron chi connectivity index (χ2n) is 7.82. The summed E-state index contributed by atoms with van der Waals surface area (Å²) < 4.78 is 7.39. The van der Waals surface area contributed by atoms with Crippen LogP contribution in [0.4, 0.5) is 0 Å².